The van der Waals surface area contributed by atoms with Crippen molar-refractivity contribution < 1.29 is 13.8 Å². The Morgan fingerprint density at radius 1 is 1.56 bits per heavy atom. The molecule has 0 unspecified atom stereocenters. The van der Waals surface area contributed by atoms with E-state index < -0.39 is 0 Å². The topological polar surface area (TPSA) is 43.4 Å². The first kappa shape index (κ1) is 8.49. The first-order valence-electron chi connectivity index (χ1n) is 2.54. The van der Waals surface area contributed by atoms with Crippen molar-refractivity contribution in [2.45, 2.75) is 20.3 Å². The van der Waals surface area contributed by atoms with Crippen LogP contribution in [0.5, 0.6) is 0 Å². The Morgan fingerprint density at radius 3 is 2.44 bits per heavy atom. The van der Waals surface area contributed by atoms with Gasteiger partial charge < -0.3 is 4.18 Å². The van der Waals surface area contributed by atoms with Crippen LogP contribution in [-0.4, -0.2) is 11.1 Å². The summed E-state index contributed by atoms with van der Waals surface area (Å²) in [5, 5.41) is -0.211. The Labute approximate surface area is 58.0 Å². The molecule has 0 saturated heterocycles. The lowest BCUT2D eigenvalue weighted by Gasteiger charge is -1.93. The highest BCUT2D eigenvalue weighted by atomic mass is 32.2. The molecule has 3 nitrogen and oxygen atoms in total. The smallest absolute Gasteiger partial charge is 0.317 e. The molecule has 0 rings (SSSR count). The summed E-state index contributed by atoms with van der Waals surface area (Å²) in [5.74, 6) is -0.366. The molecule has 0 N–H and O–H groups in total. The zero-order valence-corrected chi connectivity index (χ0v) is 6.16. The van der Waals surface area contributed by atoms with Gasteiger partial charge in [0.25, 0.3) is 0 Å². The monoisotopic (exact) mass is 148 g/mol. The van der Waals surface area contributed by atoms with E-state index >= 15 is 0 Å². The van der Waals surface area contributed by atoms with Crippen LogP contribution >= 0.6 is 12.0 Å². The minimum absolute atomic E-state index is 0.211. The summed E-state index contributed by atoms with van der Waals surface area (Å²) < 4.78 is 4.38. The van der Waals surface area contributed by atoms with Crippen molar-refractivity contribution in [3.63, 3.8) is 0 Å². The van der Waals surface area contributed by atoms with Crippen LogP contribution in [-0.2, 0) is 13.8 Å². The summed E-state index contributed by atoms with van der Waals surface area (Å²) >= 11 is 0.576. The summed E-state index contributed by atoms with van der Waals surface area (Å²) in [6.07, 6.45) is 0.306. The molecule has 0 fully saturated rings. The molecule has 0 amide bonds. The summed E-state index contributed by atoms with van der Waals surface area (Å²) in [4.78, 5) is 20.5. The molecule has 0 bridgehead atoms. The van der Waals surface area contributed by atoms with Gasteiger partial charge in [-0.3, -0.25) is 9.59 Å². The molecule has 4 heteroatoms. The number of rotatable bonds is 1. The molecule has 0 aliphatic rings. The summed E-state index contributed by atoms with van der Waals surface area (Å²) in [7, 11) is 0. The van der Waals surface area contributed by atoms with Crippen molar-refractivity contribution in [1.82, 2.24) is 0 Å². The van der Waals surface area contributed by atoms with E-state index in [2.05, 4.69) is 4.18 Å². The molecule has 0 aromatic heterocycles. The molecule has 0 atom stereocenters. The molecule has 0 aromatic rings. The van der Waals surface area contributed by atoms with Gasteiger partial charge in [-0.2, -0.15) is 0 Å². The minimum atomic E-state index is -0.366. The maximum absolute atomic E-state index is 10.3. The van der Waals surface area contributed by atoms with Gasteiger partial charge in [-0.15, -0.1) is 0 Å². The number of hydrogen-bond acceptors (Lipinski definition) is 4. The predicted molar refractivity (Wildman–Crippen MR) is 34.7 cm³/mol. The van der Waals surface area contributed by atoms with Crippen molar-refractivity contribution in [3.05, 3.63) is 0 Å². The normalized spacial score (nSPS) is 8.67. The molecule has 0 radical (unpaired) electrons. The van der Waals surface area contributed by atoms with Gasteiger partial charge in [-0.05, 0) is 0 Å². The highest BCUT2D eigenvalue weighted by Gasteiger charge is 2.00. The van der Waals surface area contributed by atoms with Gasteiger partial charge in [0.15, 0.2) is 0 Å². The highest BCUT2D eigenvalue weighted by Crippen LogP contribution is 2.04. The van der Waals surface area contributed by atoms with Crippen molar-refractivity contribution in [3.8, 4) is 0 Å². The van der Waals surface area contributed by atoms with Gasteiger partial charge in [0, 0.05) is 13.3 Å². The van der Waals surface area contributed by atoms with E-state index in [0.717, 1.165) is 0 Å². The zero-order chi connectivity index (χ0) is 7.28. The largest absolute Gasteiger partial charge is 0.383 e. The summed E-state index contributed by atoms with van der Waals surface area (Å²) in [5.41, 5.74) is 0. The van der Waals surface area contributed by atoms with E-state index in [-0.39, 0.29) is 11.1 Å². The fraction of sp³-hybridized carbons (Fsp3) is 0.600. The lowest BCUT2D eigenvalue weighted by atomic mass is 10.5. The second-order valence-electron chi connectivity index (χ2n) is 1.38. The van der Waals surface area contributed by atoms with Crippen LogP contribution in [0, 0.1) is 0 Å². The second kappa shape index (κ2) is 4.38. The third-order valence-electron chi connectivity index (χ3n) is 0.541. The zero-order valence-electron chi connectivity index (χ0n) is 5.34. The SMILES string of the molecule is CCC(=O)OSC(C)=O. The Balaban J connectivity index is 3.28. The molecule has 9 heavy (non-hydrogen) atoms. The summed E-state index contributed by atoms with van der Waals surface area (Å²) in [6.45, 7) is 3.01. The van der Waals surface area contributed by atoms with Crippen molar-refractivity contribution >= 4 is 23.1 Å². The first-order chi connectivity index (χ1) is 4.16. The molecule has 0 aliphatic carbocycles. The van der Waals surface area contributed by atoms with E-state index in [9.17, 15) is 9.59 Å². The molecule has 0 heterocycles. The quantitative estimate of drug-likeness (QED) is 0.523. The third kappa shape index (κ3) is 5.36. The number of carbonyl (C=O) groups is 2. The van der Waals surface area contributed by atoms with Crippen LogP contribution in [0.2, 0.25) is 0 Å². The van der Waals surface area contributed by atoms with E-state index in [4.69, 9.17) is 0 Å². The Morgan fingerprint density at radius 2 is 2.11 bits per heavy atom. The van der Waals surface area contributed by atoms with Crippen molar-refractivity contribution in [2.75, 3.05) is 0 Å². The third-order valence-corrected chi connectivity index (χ3v) is 1.04. The van der Waals surface area contributed by atoms with Gasteiger partial charge >= 0.3 is 5.97 Å². The molecular formula is C5H8O3S. The predicted octanol–water partition coefficient (Wildman–Crippen LogP) is 1.13. The van der Waals surface area contributed by atoms with Crippen LogP contribution in [0.25, 0.3) is 0 Å². The van der Waals surface area contributed by atoms with Gasteiger partial charge in [0.1, 0.15) is 12.0 Å². The van der Waals surface area contributed by atoms with E-state index in [0.29, 0.717) is 18.5 Å². The van der Waals surface area contributed by atoms with Crippen LogP contribution in [0.1, 0.15) is 20.3 Å². The first-order valence-corrected chi connectivity index (χ1v) is 3.29. The fourth-order valence-corrected chi connectivity index (χ4v) is 0.492. The lowest BCUT2D eigenvalue weighted by molar-refractivity contribution is -0.133. The van der Waals surface area contributed by atoms with E-state index in [1.165, 1.54) is 6.92 Å². The van der Waals surface area contributed by atoms with Crippen LogP contribution in [0.4, 0.5) is 0 Å². The van der Waals surface area contributed by atoms with E-state index in [1.54, 1.807) is 6.92 Å². The van der Waals surface area contributed by atoms with Crippen molar-refractivity contribution in [2.24, 2.45) is 0 Å². The average Bonchev–Trinajstić information content (AvgIpc) is 1.83. The fourth-order valence-electron chi connectivity index (χ4n) is 0.164. The van der Waals surface area contributed by atoms with Gasteiger partial charge in [-0.1, -0.05) is 6.92 Å². The standard InChI is InChI=1S/C5H8O3S/c1-3-5(7)8-9-4(2)6/h3H2,1-2H3. The molecular weight excluding hydrogens is 140 g/mol. The van der Waals surface area contributed by atoms with Crippen LogP contribution < -0.4 is 0 Å². The maximum atomic E-state index is 10.3. The maximum Gasteiger partial charge on any atom is 0.317 e. The molecule has 52 valence electrons. The Bertz CT molecular complexity index is 121. The van der Waals surface area contributed by atoms with Crippen LogP contribution in [0.3, 0.4) is 0 Å². The van der Waals surface area contributed by atoms with Gasteiger partial charge in [-0.25, -0.2) is 0 Å². The Kier molecular flexibility index (Phi) is 4.13. The lowest BCUT2D eigenvalue weighted by Crippen LogP contribution is -1.96. The molecule has 0 aromatic carbocycles. The van der Waals surface area contributed by atoms with E-state index in [1.807, 2.05) is 0 Å². The number of hydrogen-bond donors (Lipinski definition) is 0. The minimum Gasteiger partial charge on any atom is -0.383 e. The number of carbonyl (C=O) groups excluding carboxylic acids is 2. The Hall–Kier alpha value is -0.510. The molecule has 0 aliphatic heterocycles. The summed E-state index contributed by atoms with van der Waals surface area (Å²) in [6, 6.07) is 0. The van der Waals surface area contributed by atoms with Gasteiger partial charge in [0.05, 0.1) is 0 Å². The van der Waals surface area contributed by atoms with Crippen molar-refractivity contribution in [1.29, 1.82) is 0 Å². The van der Waals surface area contributed by atoms with Gasteiger partial charge in [0.2, 0.25) is 5.12 Å². The highest BCUT2D eigenvalue weighted by molar-refractivity contribution is 8.09. The second-order valence-corrected chi connectivity index (χ2v) is 2.29. The average molecular weight is 148 g/mol. The van der Waals surface area contributed by atoms with Crippen LogP contribution in [0.15, 0.2) is 0 Å². The molecule has 0 spiro atoms. The molecule has 0 saturated carbocycles.